The Morgan fingerprint density at radius 1 is 0.896 bits per heavy atom. The van der Waals surface area contributed by atoms with Gasteiger partial charge in [0.25, 0.3) is 0 Å². The van der Waals surface area contributed by atoms with Gasteiger partial charge in [-0.15, -0.1) is 22.7 Å². The van der Waals surface area contributed by atoms with Crippen LogP contribution in [0.2, 0.25) is 0 Å². The van der Waals surface area contributed by atoms with Crippen LogP contribution in [0, 0.1) is 12.3 Å². The SMILES string of the molecule is CCN(CCCC(=O)N[C@H](C(=O)N1C[C@@H](O)C[C@H]1C(=O)N[C@@H](C)c1ccc(-c2scnc2C)cc1)C(C)(C)C)CCOc1ccc(C(=O)c2c(-c3ccc(O)cc3)sc3cc(O)ccc23)cc1. The maximum Gasteiger partial charge on any atom is 0.246 e. The highest BCUT2D eigenvalue weighted by Gasteiger charge is 2.44. The fraction of sp³-hybridized carbons (Fsp3) is 0.365. The Balaban J connectivity index is 0.890. The van der Waals surface area contributed by atoms with Crippen molar-refractivity contribution in [1.82, 2.24) is 25.4 Å². The summed E-state index contributed by atoms with van der Waals surface area (Å²) in [5.41, 5.74) is 5.85. The summed E-state index contributed by atoms with van der Waals surface area (Å²) in [6.07, 6.45) is -0.0408. The van der Waals surface area contributed by atoms with E-state index in [1.54, 1.807) is 78.1 Å². The number of β-amino-alcohol motifs (C(OH)–C–C–N with tert-alkyl or cyclic N) is 1. The molecule has 67 heavy (non-hydrogen) atoms. The van der Waals surface area contributed by atoms with E-state index in [2.05, 4.69) is 20.5 Å². The minimum Gasteiger partial charge on any atom is -0.508 e. The number of aliphatic hydroxyl groups excluding tert-OH is 1. The third kappa shape index (κ3) is 11.7. The van der Waals surface area contributed by atoms with E-state index in [1.807, 2.05) is 71.3 Å². The lowest BCUT2D eigenvalue weighted by molar-refractivity contribution is -0.144. The van der Waals surface area contributed by atoms with E-state index >= 15 is 0 Å². The maximum atomic E-state index is 14.2. The summed E-state index contributed by atoms with van der Waals surface area (Å²) < 4.78 is 6.85. The predicted molar refractivity (Wildman–Crippen MR) is 264 cm³/mol. The van der Waals surface area contributed by atoms with E-state index in [4.69, 9.17) is 4.74 Å². The molecule has 1 aliphatic rings. The number of aryl methyl sites for hydroxylation is 1. The molecule has 7 rings (SSSR count). The first-order valence-electron chi connectivity index (χ1n) is 22.6. The smallest absolute Gasteiger partial charge is 0.246 e. The van der Waals surface area contributed by atoms with Gasteiger partial charge in [-0.25, -0.2) is 4.98 Å². The number of nitrogens with one attached hydrogen (secondary N) is 2. The summed E-state index contributed by atoms with van der Waals surface area (Å²) in [7, 11) is 0. The standard InChI is InChI=1S/C52H59N5O8S2/c1-7-56(25-26-65-40-21-16-34(17-22-40)46(62)45-41-23-20-38(59)28-43(41)67-48(45)36-14-18-37(58)19-15-36)24-8-9-44(61)55-49(52(4,5)6)51(64)57-29-39(60)27-42(57)50(63)54-31(2)33-10-12-35(13-11-33)47-32(3)53-30-66-47/h10-23,28,30-31,39,42,49,58-60H,7-9,24-27,29H2,1-6H3,(H,54,63)(H,55,61)/t31-,39-,42-,49+/m0/s1. The van der Waals surface area contributed by atoms with Gasteiger partial charge in [0.1, 0.15) is 35.9 Å². The minimum atomic E-state index is -0.918. The number of phenols is 2. The van der Waals surface area contributed by atoms with Crippen molar-refractivity contribution in [2.75, 3.05) is 32.8 Å². The number of aromatic hydroxyl groups is 2. The molecule has 2 aromatic heterocycles. The molecule has 5 N–H and O–H groups in total. The van der Waals surface area contributed by atoms with E-state index in [0.29, 0.717) is 43.0 Å². The summed E-state index contributed by atoms with van der Waals surface area (Å²) >= 11 is 2.98. The van der Waals surface area contributed by atoms with E-state index in [1.165, 1.54) is 16.2 Å². The monoisotopic (exact) mass is 945 g/mol. The van der Waals surface area contributed by atoms with Crippen LogP contribution in [-0.4, -0.2) is 105 Å². The number of thiophene rings is 1. The molecular weight excluding hydrogens is 887 g/mol. The highest BCUT2D eigenvalue weighted by atomic mass is 32.1. The normalized spacial score (nSPS) is 16.0. The molecule has 6 aromatic rings. The zero-order chi connectivity index (χ0) is 48.0. The zero-order valence-electron chi connectivity index (χ0n) is 38.7. The number of ether oxygens (including phenoxy) is 1. The van der Waals surface area contributed by atoms with Gasteiger partial charge < -0.3 is 40.5 Å². The Kier molecular flexibility index (Phi) is 15.5. The molecule has 4 atom stereocenters. The van der Waals surface area contributed by atoms with Gasteiger partial charge in [-0.3, -0.25) is 19.2 Å². The zero-order valence-corrected chi connectivity index (χ0v) is 40.4. The van der Waals surface area contributed by atoms with Crippen molar-refractivity contribution in [3.05, 3.63) is 119 Å². The number of benzene rings is 4. The van der Waals surface area contributed by atoms with Crippen molar-refractivity contribution in [1.29, 1.82) is 0 Å². The molecule has 352 valence electrons. The molecule has 3 heterocycles. The quantitative estimate of drug-likeness (QED) is 0.0525. The average Bonchev–Trinajstić information content (AvgIpc) is 4.03. The number of phenolic OH excluding ortho intramolecular Hbond substituents is 2. The molecule has 0 aliphatic carbocycles. The van der Waals surface area contributed by atoms with Crippen molar-refractivity contribution in [2.45, 2.75) is 85.0 Å². The Morgan fingerprint density at radius 2 is 1.57 bits per heavy atom. The van der Waals surface area contributed by atoms with Gasteiger partial charge in [0.05, 0.1) is 28.2 Å². The van der Waals surface area contributed by atoms with E-state index in [-0.39, 0.29) is 54.5 Å². The summed E-state index contributed by atoms with van der Waals surface area (Å²) in [6, 6.07) is 24.5. The van der Waals surface area contributed by atoms with Crippen LogP contribution in [0.3, 0.4) is 0 Å². The first-order chi connectivity index (χ1) is 32.0. The number of thiazole rings is 1. The van der Waals surface area contributed by atoms with Crippen LogP contribution >= 0.6 is 22.7 Å². The first kappa shape index (κ1) is 48.8. The number of likely N-dealkylation sites (tertiary alicyclic amines) is 1. The van der Waals surface area contributed by atoms with E-state index in [0.717, 1.165) is 48.8 Å². The second-order valence-electron chi connectivity index (χ2n) is 18.2. The summed E-state index contributed by atoms with van der Waals surface area (Å²) in [5.74, 6) is -0.355. The molecule has 1 aliphatic heterocycles. The van der Waals surface area contributed by atoms with Gasteiger partial charge in [-0.1, -0.05) is 52.0 Å². The van der Waals surface area contributed by atoms with Crippen LogP contribution in [0.4, 0.5) is 0 Å². The maximum absolute atomic E-state index is 14.2. The van der Waals surface area contributed by atoms with E-state index < -0.39 is 29.5 Å². The number of carbonyl (C=O) groups is 4. The van der Waals surface area contributed by atoms with E-state index in [9.17, 15) is 34.5 Å². The molecule has 0 saturated carbocycles. The van der Waals surface area contributed by atoms with Gasteiger partial charge in [0, 0.05) is 52.0 Å². The number of hydrogen-bond donors (Lipinski definition) is 5. The highest BCUT2D eigenvalue weighted by molar-refractivity contribution is 7.22. The molecule has 1 saturated heterocycles. The molecule has 0 radical (unpaired) electrons. The Hall–Kier alpha value is -6.13. The van der Waals surface area contributed by atoms with Crippen molar-refractivity contribution in [2.24, 2.45) is 5.41 Å². The molecule has 3 amide bonds. The van der Waals surface area contributed by atoms with Gasteiger partial charge in [0.15, 0.2) is 5.78 Å². The number of hydrogen-bond acceptors (Lipinski definition) is 12. The number of fused-ring (bicyclic) bond motifs is 1. The van der Waals surface area contributed by atoms with Gasteiger partial charge in [-0.05, 0) is 122 Å². The Labute approximate surface area is 399 Å². The van der Waals surface area contributed by atoms with Gasteiger partial charge >= 0.3 is 0 Å². The van der Waals surface area contributed by atoms with Crippen LogP contribution in [0.15, 0.2) is 96.5 Å². The van der Waals surface area contributed by atoms with Crippen LogP contribution in [0.5, 0.6) is 17.2 Å². The second-order valence-corrected chi connectivity index (χ2v) is 20.1. The molecule has 0 spiro atoms. The third-order valence-electron chi connectivity index (χ3n) is 12.2. The molecule has 15 heteroatoms. The minimum absolute atomic E-state index is 0.00529. The number of amides is 3. The van der Waals surface area contributed by atoms with Crippen molar-refractivity contribution < 1.29 is 39.2 Å². The first-order valence-corrected chi connectivity index (χ1v) is 24.3. The molecule has 0 bridgehead atoms. The largest absolute Gasteiger partial charge is 0.508 e. The second kappa shape index (κ2) is 21.2. The lowest BCUT2D eigenvalue weighted by atomic mass is 9.85. The lowest BCUT2D eigenvalue weighted by Gasteiger charge is -2.35. The molecule has 0 unspecified atom stereocenters. The summed E-state index contributed by atoms with van der Waals surface area (Å²) in [5, 5.41) is 37.4. The number of ketones is 1. The molecule has 13 nitrogen and oxygen atoms in total. The predicted octanol–water partition coefficient (Wildman–Crippen LogP) is 8.49. The number of nitrogens with zero attached hydrogens (tertiary/aromatic N) is 3. The van der Waals surface area contributed by atoms with Crippen LogP contribution < -0.4 is 15.4 Å². The van der Waals surface area contributed by atoms with Gasteiger partial charge in [0.2, 0.25) is 17.7 Å². The van der Waals surface area contributed by atoms with Crippen LogP contribution in [-0.2, 0) is 14.4 Å². The third-order valence-corrected chi connectivity index (χ3v) is 14.4. The lowest BCUT2D eigenvalue weighted by Crippen LogP contribution is -2.57. The molecule has 1 fully saturated rings. The Bertz CT molecular complexity index is 2690. The van der Waals surface area contributed by atoms with Crippen molar-refractivity contribution in [3.63, 3.8) is 0 Å². The van der Waals surface area contributed by atoms with Crippen molar-refractivity contribution in [3.8, 4) is 38.1 Å². The average molecular weight is 946 g/mol. The van der Waals surface area contributed by atoms with Crippen molar-refractivity contribution >= 4 is 56.3 Å². The number of carbonyl (C=O) groups excluding carboxylic acids is 4. The van der Waals surface area contributed by atoms with Gasteiger partial charge in [-0.2, -0.15) is 0 Å². The molecule has 4 aromatic carbocycles. The number of rotatable bonds is 18. The summed E-state index contributed by atoms with van der Waals surface area (Å²) in [4.78, 5) is 65.1. The number of aliphatic hydroxyl groups is 1. The van der Waals surface area contributed by atoms with Crippen LogP contribution in [0.25, 0.3) is 31.0 Å². The Morgan fingerprint density at radius 3 is 2.22 bits per heavy atom. The number of aromatic nitrogens is 1. The topological polar surface area (TPSA) is 182 Å². The highest BCUT2D eigenvalue weighted by Crippen LogP contribution is 2.42. The summed E-state index contributed by atoms with van der Waals surface area (Å²) in [6.45, 7) is 13.8. The van der Waals surface area contributed by atoms with Crippen LogP contribution in [0.1, 0.15) is 87.1 Å². The number of likely N-dealkylation sites (N-methyl/N-ethyl adjacent to an activating group) is 1. The molecular formula is C52H59N5O8S2. The fourth-order valence-electron chi connectivity index (χ4n) is 8.41. The fourth-order valence-corrected chi connectivity index (χ4v) is 10.5.